The minimum Gasteiger partial charge on any atom is -0.317 e. The zero-order valence-electron chi connectivity index (χ0n) is 11.0. The van der Waals surface area contributed by atoms with Crippen molar-refractivity contribution in [3.8, 4) is 0 Å². The highest BCUT2D eigenvalue weighted by Crippen LogP contribution is 2.26. The lowest BCUT2D eigenvalue weighted by atomic mass is 10.1. The third-order valence-electron chi connectivity index (χ3n) is 3.55. The fraction of sp³-hybridized carbons (Fsp3) is 0.538. The van der Waals surface area contributed by atoms with Crippen molar-refractivity contribution in [2.24, 2.45) is 0 Å². The molecule has 0 amide bonds. The van der Waals surface area contributed by atoms with Crippen LogP contribution in [0.5, 0.6) is 0 Å². The Hall–Kier alpha value is -0.430. The third kappa shape index (κ3) is 3.37. The van der Waals surface area contributed by atoms with Crippen LogP contribution in [0.1, 0.15) is 19.3 Å². The molecule has 1 fully saturated rings. The van der Waals surface area contributed by atoms with Crippen molar-refractivity contribution >= 4 is 26.0 Å². The van der Waals surface area contributed by atoms with Gasteiger partial charge in [-0.3, -0.25) is 0 Å². The zero-order valence-corrected chi connectivity index (χ0v) is 13.4. The van der Waals surface area contributed by atoms with Crippen molar-refractivity contribution in [1.82, 2.24) is 9.62 Å². The molecule has 19 heavy (non-hydrogen) atoms. The van der Waals surface area contributed by atoms with Crippen LogP contribution in [-0.2, 0) is 10.0 Å². The quantitative estimate of drug-likeness (QED) is 0.912. The maximum absolute atomic E-state index is 12.6. The van der Waals surface area contributed by atoms with Crippen molar-refractivity contribution < 1.29 is 8.42 Å². The molecule has 1 aliphatic rings. The highest BCUT2D eigenvalue weighted by Gasteiger charge is 2.29. The molecule has 0 radical (unpaired) electrons. The van der Waals surface area contributed by atoms with Crippen molar-refractivity contribution in [2.45, 2.75) is 30.2 Å². The average molecular weight is 347 g/mol. The number of hydrogen-bond acceptors (Lipinski definition) is 3. The molecule has 1 aromatic carbocycles. The van der Waals surface area contributed by atoms with Gasteiger partial charge in [-0.05, 0) is 60.4 Å². The van der Waals surface area contributed by atoms with Crippen LogP contribution in [0.4, 0.5) is 0 Å². The molecule has 1 aliphatic heterocycles. The van der Waals surface area contributed by atoms with Gasteiger partial charge in [0.05, 0.1) is 4.90 Å². The van der Waals surface area contributed by atoms with Gasteiger partial charge in [0.15, 0.2) is 0 Å². The van der Waals surface area contributed by atoms with E-state index in [0.717, 1.165) is 32.4 Å². The zero-order chi connectivity index (χ0) is 13.9. The fourth-order valence-corrected chi connectivity index (χ4v) is 4.75. The van der Waals surface area contributed by atoms with Crippen molar-refractivity contribution in [1.29, 1.82) is 0 Å². The molecule has 1 aromatic rings. The Morgan fingerprint density at radius 3 is 2.74 bits per heavy atom. The Kier molecular flexibility index (Phi) is 5.00. The van der Waals surface area contributed by atoms with E-state index in [1.807, 2.05) is 6.07 Å². The summed E-state index contributed by atoms with van der Waals surface area (Å²) in [6.45, 7) is 1.85. The van der Waals surface area contributed by atoms with Gasteiger partial charge in [-0.25, -0.2) is 8.42 Å². The van der Waals surface area contributed by atoms with Crippen molar-refractivity contribution in [3.63, 3.8) is 0 Å². The maximum atomic E-state index is 12.6. The lowest BCUT2D eigenvalue weighted by molar-refractivity contribution is 0.341. The van der Waals surface area contributed by atoms with Crippen LogP contribution in [0.3, 0.4) is 0 Å². The number of benzene rings is 1. The van der Waals surface area contributed by atoms with E-state index >= 15 is 0 Å². The smallest absolute Gasteiger partial charge is 0.244 e. The van der Waals surface area contributed by atoms with E-state index in [0.29, 0.717) is 9.37 Å². The molecule has 1 atom stereocenters. The maximum Gasteiger partial charge on any atom is 0.244 e. The first kappa shape index (κ1) is 15.0. The lowest BCUT2D eigenvalue weighted by Crippen LogP contribution is -2.37. The van der Waals surface area contributed by atoms with Crippen molar-refractivity contribution in [2.75, 3.05) is 20.1 Å². The SMILES string of the molecule is CN(C1CCCNCC1)S(=O)(=O)c1ccccc1Br. The van der Waals surface area contributed by atoms with Crippen LogP contribution >= 0.6 is 15.9 Å². The first-order chi connectivity index (χ1) is 9.03. The molecule has 0 aromatic heterocycles. The molecular formula is C13H19BrN2O2S. The fourth-order valence-electron chi connectivity index (χ4n) is 2.37. The van der Waals surface area contributed by atoms with Gasteiger partial charge in [0, 0.05) is 17.6 Å². The Morgan fingerprint density at radius 2 is 2.00 bits per heavy atom. The number of rotatable bonds is 3. The third-order valence-corrected chi connectivity index (χ3v) is 6.48. The number of hydrogen-bond donors (Lipinski definition) is 1. The predicted molar refractivity (Wildman–Crippen MR) is 79.6 cm³/mol. The molecular weight excluding hydrogens is 328 g/mol. The number of halogens is 1. The van der Waals surface area contributed by atoms with Gasteiger partial charge < -0.3 is 5.32 Å². The minimum absolute atomic E-state index is 0.0760. The molecule has 0 saturated carbocycles. The summed E-state index contributed by atoms with van der Waals surface area (Å²) >= 11 is 3.32. The summed E-state index contributed by atoms with van der Waals surface area (Å²) in [7, 11) is -1.74. The van der Waals surface area contributed by atoms with E-state index in [-0.39, 0.29) is 6.04 Å². The molecule has 6 heteroatoms. The minimum atomic E-state index is -3.43. The van der Waals surface area contributed by atoms with Crippen LogP contribution in [0.2, 0.25) is 0 Å². The average Bonchev–Trinajstić information content (AvgIpc) is 2.67. The van der Waals surface area contributed by atoms with Gasteiger partial charge in [0.25, 0.3) is 0 Å². The molecule has 1 unspecified atom stereocenters. The van der Waals surface area contributed by atoms with Gasteiger partial charge in [-0.15, -0.1) is 0 Å². The molecule has 0 bridgehead atoms. The van der Waals surface area contributed by atoms with E-state index in [9.17, 15) is 8.42 Å². The van der Waals surface area contributed by atoms with Gasteiger partial charge in [0.1, 0.15) is 0 Å². The predicted octanol–water partition coefficient (Wildman–Crippen LogP) is 2.21. The Bertz CT molecular complexity index is 525. The molecule has 106 valence electrons. The van der Waals surface area contributed by atoms with E-state index < -0.39 is 10.0 Å². The molecule has 2 rings (SSSR count). The van der Waals surface area contributed by atoms with Crippen molar-refractivity contribution in [3.05, 3.63) is 28.7 Å². The highest BCUT2D eigenvalue weighted by atomic mass is 79.9. The number of nitrogens with zero attached hydrogens (tertiary/aromatic N) is 1. The first-order valence-electron chi connectivity index (χ1n) is 6.47. The van der Waals surface area contributed by atoms with Crippen LogP contribution in [0.15, 0.2) is 33.6 Å². The summed E-state index contributed by atoms with van der Waals surface area (Å²) in [6, 6.07) is 7.05. The summed E-state index contributed by atoms with van der Waals surface area (Å²) in [6.07, 6.45) is 2.79. The van der Waals surface area contributed by atoms with E-state index in [1.54, 1.807) is 25.2 Å². The Morgan fingerprint density at radius 1 is 1.26 bits per heavy atom. The van der Waals surface area contributed by atoms with E-state index in [1.165, 1.54) is 4.31 Å². The number of nitrogens with one attached hydrogen (secondary N) is 1. The summed E-state index contributed by atoms with van der Waals surface area (Å²) in [5.74, 6) is 0. The first-order valence-corrected chi connectivity index (χ1v) is 8.70. The summed E-state index contributed by atoms with van der Waals surface area (Å²) < 4.78 is 27.4. The topological polar surface area (TPSA) is 49.4 Å². The highest BCUT2D eigenvalue weighted by molar-refractivity contribution is 9.10. The standard InChI is InChI=1S/C13H19BrN2O2S/c1-16(11-5-4-9-15-10-8-11)19(17,18)13-7-3-2-6-12(13)14/h2-3,6-7,11,15H,4-5,8-10H2,1H3. The van der Waals surface area contributed by atoms with E-state index in [2.05, 4.69) is 21.2 Å². The largest absolute Gasteiger partial charge is 0.317 e. The molecule has 0 aliphatic carbocycles. The second kappa shape index (κ2) is 6.35. The lowest BCUT2D eigenvalue weighted by Gasteiger charge is -2.26. The second-order valence-corrected chi connectivity index (χ2v) is 7.61. The van der Waals surface area contributed by atoms with Gasteiger partial charge in [-0.1, -0.05) is 12.1 Å². The summed E-state index contributed by atoms with van der Waals surface area (Å²) in [5, 5.41) is 3.30. The Labute approximate surface area is 123 Å². The normalized spacial score (nSPS) is 21.3. The molecule has 1 N–H and O–H groups in total. The Balaban J connectivity index is 2.26. The molecule has 1 saturated heterocycles. The molecule has 1 heterocycles. The van der Waals surface area contributed by atoms with Gasteiger partial charge >= 0.3 is 0 Å². The van der Waals surface area contributed by atoms with Crippen LogP contribution in [0.25, 0.3) is 0 Å². The molecule has 4 nitrogen and oxygen atoms in total. The molecule has 0 spiro atoms. The monoisotopic (exact) mass is 346 g/mol. The number of sulfonamides is 1. The second-order valence-electron chi connectivity index (χ2n) is 4.79. The summed E-state index contributed by atoms with van der Waals surface area (Å²) in [5.41, 5.74) is 0. The van der Waals surface area contributed by atoms with Gasteiger partial charge in [-0.2, -0.15) is 4.31 Å². The van der Waals surface area contributed by atoms with Crippen LogP contribution in [0, 0.1) is 0 Å². The van der Waals surface area contributed by atoms with Gasteiger partial charge in [0.2, 0.25) is 10.0 Å². The van der Waals surface area contributed by atoms with Crippen LogP contribution in [-0.4, -0.2) is 38.9 Å². The summed E-state index contributed by atoms with van der Waals surface area (Å²) in [4.78, 5) is 0.342. The van der Waals surface area contributed by atoms with E-state index in [4.69, 9.17) is 0 Å². The van der Waals surface area contributed by atoms with Crippen LogP contribution < -0.4 is 5.32 Å².